The van der Waals surface area contributed by atoms with Gasteiger partial charge in [-0.1, -0.05) is 46.3 Å². The normalized spacial score (nSPS) is 10.2. The van der Waals surface area contributed by atoms with Gasteiger partial charge in [0.25, 0.3) is 5.91 Å². The van der Waals surface area contributed by atoms with Crippen LogP contribution in [0.5, 0.6) is 0 Å². The van der Waals surface area contributed by atoms with E-state index in [0.717, 1.165) is 11.1 Å². The third-order valence-electron chi connectivity index (χ3n) is 2.77. The topological polar surface area (TPSA) is 49.3 Å². The second kappa shape index (κ2) is 6.50. The van der Waals surface area contributed by atoms with E-state index in [1.165, 1.54) is 0 Å². The molecule has 0 saturated heterocycles. The molecule has 0 aliphatic rings. The summed E-state index contributed by atoms with van der Waals surface area (Å²) >= 11 is 3.37. The number of halogens is 1. The van der Waals surface area contributed by atoms with Crippen molar-refractivity contribution in [2.45, 2.75) is 11.9 Å². The molecule has 0 unspecified atom stereocenters. The van der Waals surface area contributed by atoms with Gasteiger partial charge in [-0.15, -0.1) is 0 Å². The minimum absolute atomic E-state index is 0.0400. The van der Waals surface area contributed by atoms with Crippen LogP contribution in [0.3, 0.4) is 0 Å². The molecular weight excluding hydrogens is 306 g/mol. The molecule has 2 rings (SSSR count). The van der Waals surface area contributed by atoms with Crippen LogP contribution in [0, 0.1) is 0 Å². The Hall–Kier alpha value is -1.65. The summed E-state index contributed by atoms with van der Waals surface area (Å²) in [5, 5.41) is 12.5. The van der Waals surface area contributed by atoms with Crippen LogP contribution >= 0.6 is 15.9 Å². The van der Waals surface area contributed by atoms with Gasteiger partial charge in [-0.05, 0) is 29.3 Å². The van der Waals surface area contributed by atoms with E-state index >= 15 is 0 Å². The molecule has 0 fully saturated rings. The fourth-order valence-corrected chi connectivity index (χ4v) is 2.29. The molecule has 2 aromatic rings. The van der Waals surface area contributed by atoms with Gasteiger partial charge in [0.1, 0.15) is 0 Å². The first-order chi connectivity index (χ1) is 9.24. The van der Waals surface area contributed by atoms with Gasteiger partial charge in [0.2, 0.25) is 0 Å². The fourth-order valence-electron chi connectivity index (χ4n) is 1.80. The summed E-state index contributed by atoms with van der Waals surface area (Å²) in [7, 11) is 0. The first kappa shape index (κ1) is 13.8. The number of benzene rings is 2. The van der Waals surface area contributed by atoms with Gasteiger partial charge in [0.05, 0.1) is 6.61 Å². The largest absolute Gasteiger partial charge is 0.392 e. The Morgan fingerprint density at radius 2 is 1.95 bits per heavy atom. The van der Waals surface area contributed by atoms with Gasteiger partial charge in [-0.2, -0.15) is 0 Å². The van der Waals surface area contributed by atoms with Crippen molar-refractivity contribution in [1.82, 2.24) is 0 Å². The summed E-state index contributed by atoms with van der Waals surface area (Å²) in [6.45, 7) is -0.0400. The van der Waals surface area contributed by atoms with Crippen LogP contribution in [0.25, 0.3) is 0 Å². The molecule has 0 spiro atoms. The summed E-state index contributed by atoms with van der Waals surface area (Å²) in [6.07, 6.45) is 0. The van der Waals surface area contributed by atoms with Crippen LogP contribution < -0.4 is 5.32 Å². The van der Waals surface area contributed by atoms with Crippen molar-refractivity contribution in [3.05, 3.63) is 65.2 Å². The highest BCUT2D eigenvalue weighted by atomic mass is 79.9. The molecule has 2 N–H and O–H groups in total. The lowest BCUT2D eigenvalue weighted by Gasteiger charge is -2.09. The van der Waals surface area contributed by atoms with E-state index < -0.39 is 0 Å². The molecule has 0 bridgehead atoms. The van der Waals surface area contributed by atoms with Gasteiger partial charge in [-0.3, -0.25) is 4.79 Å². The predicted octanol–water partition coefficient (Wildman–Crippen LogP) is 3.33. The molecule has 0 atom stereocenters. The summed E-state index contributed by atoms with van der Waals surface area (Å²) in [5.41, 5.74) is 3.04. The third-order valence-corrected chi connectivity index (χ3v) is 3.38. The molecule has 98 valence electrons. The molecule has 0 aliphatic heterocycles. The summed E-state index contributed by atoms with van der Waals surface area (Å²) in [4.78, 5) is 12.2. The molecule has 0 radical (unpaired) electrons. The van der Waals surface area contributed by atoms with E-state index in [2.05, 4.69) is 21.2 Å². The summed E-state index contributed by atoms with van der Waals surface area (Å²) in [5.74, 6) is -0.148. The number of hydrogen-bond donors (Lipinski definition) is 2. The van der Waals surface area contributed by atoms with Crippen LogP contribution in [0.15, 0.2) is 48.5 Å². The second-order valence-electron chi connectivity index (χ2n) is 4.10. The third kappa shape index (κ3) is 3.43. The van der Waals surface area contributed by atoms with Gasteiger partial charge in [-0.25, -0.2) is 0 Å². The number of carbonyl (C=O) groups is 1. The molecule has 1 amide bonds. The number of hydrogen-bond acceptors (Lipinski definition) is 2. The fraction of sp³-hybridized carbons (Fsp3) is 0.133. The summed E-state index contributed by atoms with van der Waals surface area (Å²) < 4.78 is 0. The number of rotatable bonds is 4. The summed E-state index contributed by atoms with van der Waals surface area (Å²) in [6, 6.07) is 14.6. The number of carbonyl (C=O) groups excluding carboxylic acids is 1. The Morgan fingerprint density at radius 3 is 2.68 bits per heavy atom. The number of anilines is 1. The lowest BCUT2D eigenvalue weighted by Crippen LogP contribution is -2.13. The van der Waals surface area contributed by atoms with Crippen LogP contribution in [0.4, 0.5) is 5.69 Å². The first-order valence-electron chi connectivity index (χ1n) is 5.89. The molecule has 0 aromatic heterocycles. The maximum atomic E-state index is 12.2. The van der Waals surface area contributed by atoms with E-state index in [-0.39, 0.29) is 12.5 Å². The molecule has 0 saturated carbocycles. The number of nitrogens with one attached hydrogen (secondary N) is 1. The molecule has 2 aromatic carbocycles. The Labute approximate surface area is 120 Å². The smallest absolute Gasteiger partial charge is 0.255 e. The van der Waals surface area contributed by atoms with E-state index in [1.807, 2.05) is 24.3 Å². The lowest BCUT2D eigenvalue weighted by atomic mass is 10.1. The van der Waals surface area contributed by atoms with Crippen molar-refractivity contribution in [3.8, 4) is 0 Å². The van der Waals surface area contributed by atoms with E-state index in [9.17, 15) is 4.79 Å². The predicted molar refractivity (Wildman–Crippen MR) is 79.4 cm³/mol. The average Bonchev–Trinajstić information content (AvgIpc) is 2.47. The van der Waals surface area contributed by atoms with Crippen molar-refractivity contribution in [2.75, 3.05) is 5.32 Å². The van der Waals surface area contributed by atoms with Crippen LogP contribution in [0.1, 0.15) is 21.5 Å². The first-order valence-corrected chi connectivity index (χ1v) is 7.01. The molecule has 0 heterocycles. The van der Waals surface area contributed by atoms with Gasteiger partial charge >= 0.3 is 0 Å². The minimum Gasteiger partial charge on any atom is -0.392 e. The molecular formula is C15H14BrNO2. The maximum Gasteiger partial charge on any atom is 0.255 e. The van der Waals surface area contributed by atoms with Crippen LogP contribution in [0.2, 0.25) is 0 Å². The highest BCUT2D eigenvalue weighted by Gasteiger charge is 2.10. The highest BCUT2D eigenvalue weighted by Crippen LogP contribution is 2.16. The number of amides is 1. The van der Waals surface area contributed by atoms with Gasteiger partial charge in [0, 0.05) is 16.6 Å². The second-order valence-corrected chi connectivity index (χ2v) is 4.66. The van der Waals surface area contributed by atoms with Crippen molar-refractivity contribution in [3.63, 3.8) is 0 Å². The number of aliphatic hydroxyl groups is 1. The Kier molecular flexibility index (Phi) is 4.71. The lowest BCUT2D eigenvalue weighted by molar-refractivity contribution is 0.102. The van der Waals surface area contributed by atoms with Crippen molar-refractivity contribution < 1.29 is 9.90 Å². The SMILES string of the molecule is O=C(Nc1cccc(CO)c1)c1ccccc1CBr. The highest BCUT2D eigenvalue weighted by molar-refractivity contribution is 9.08. The Morgan fingerprint density at radius 1 is 1.16 bits per heavy atom. The van der Waals surface area contributed by atoms with Crippen molar-refractivity contribution >= 4 is 27.5 Å². The Balaban J connectivity index is 2.20. The number of alkyl halides is 1. The monoisotopic (exact) mass is 319 g/mol. The van der Waals surface area contributed by atoms with E-state index in [1.54, 1.807) is 24.3 Å². The number of aliphatic hydroxyl groups excluding tert-OH is 1. The molecule has 19 heavy (non-hydrogen) atoms. The molecule has 4 heteroatoms. The van der Waals surface area contributed by atoms with E-state index in [0.29, 0.717) is 16.6 Å². The van der Waals surface area contributed by atoms with Crippen molar-refractivity contribution in [1.29, 1.82) is 0 Å². The van der Waals surface area contributed by atoms with Crippen LogP contribution in [-0.2, 0) is 11.9 Å². The zero-order chi connectivity index (χ0) is 13.7. The minimum atomic E-state index is -0.148. The Bertz CT molecular complexity index is 584. The molecule has 0 aliphatic carbocycles. The average molecular weight is 320 g/mol. The standard InChI is InChI=1S/C15H14BrNO2/c16-9-12-5-1-2-7-14(12)15(19)17-13-6-3-4-11(8-13)10-18/h1-8,18H,9-10H2,(H,17,19). The zero-order valence-electron chi connectivity index (χ0n) is 10.3. The zero-order valence-corrected chi connectivity index (χ0v) is 11.9. The quantitative estimate of drug-likeness (QED) is 0.849. The van der Waals surface area contributed by atoms with Crippen molar-refractivity contribution in [2.24, 2.45) is 0 Å². The van der Waals surface area contributed by atoms with Crippen LogP contribution in [-0.4, -0.2) is 11.0 Å². The van der Waals surface area contributed by atoms with E-state index in [4.69, 9.17) is 5.11 Å². The van der Waals surface area contributed by atoms with Gasteiger partial charge < -0.3 is 10.4 Å². The maximum absolute atomic E-state index is 12.2. The molecule has 3 nitrogen and oxygen atoms in total. The van der Waals surface area contributed by atoms with Gasteiger partial charge in [0.15, 0.2) is 0 Å².